The number of rotatable bonds is 11. The van der Waals surface area contributed by atoms with Gasteiger partial charge in [-0.1, -0.05) is 12.1 Å². The Hall–Kier alpha value is -4.78. The second-order valence-corrected chi connectivity index (χ2v) is 15.7. The van der Waals surface area contributed by atoms with Crippen LogP contribution in [0.1, 0.15) is 75.8 Å². The molecule has 2 aliphatic heterocycles. The minimum Gasteiger partial charge on any atom is -0.489 e. The lowest BCUT2D eigenvalue weighted by Crippen LogP contribution is -2.39. The summed E-state index contributed by atoms with van der Waals surface area (Å²) < 4.78 is 34.6. The molecule has 258 valence electrons. The zero-order valence-electron chi connectivity index (χ0n) is 28.9. The number of hydrogen-bond donors (Lipinski definition) is 2. The number of carbonyl (C=O) groups excluding carboxylic acids is 1. The van der Waals surface area contributed by atoms with Crippen LogP contribution in [0.3, 0.4) is 0 Å². The number of aliphatic imine (C=N–C) groups is 1. The van der Waals surface area contributed by atoms with Crippen molar-refractivity contribution in [3.8, 4) is 5.75 Å². The maximum Gasteiger partial charge on any atom is 0.242 e. The molecule has 0 radical (unpaired) electrons. The number of amides is 1. The number of fused-ring (bicyclic) bond motifs is 1. The van der Waals surface area contributed by atoms with Gasteiger partial charge >= 0.3 is 0 Å². The molecule has 0 saturated carbocycles. The molecule has 1 saturated heterocycles. The van der Waals surface area contributed by atoms with Gasteiger partial charge in [0.2, 0.25) is 11.9 Å². The van der Waals surface area contributed by atoms with Crippen molar-refractivity contribution in [2.75, 3.05) is 23.7 Å². The van der Waals surface area contributed by atoms with E-state index in [9.17, 15) is 13.2 Å². The largest absolute Gasteiger partial charge is 0.489 e. The molecule has 0 spiro atoms. The predicted octanol–water partition coefficient (Wildman–Crippen LogP) is 6.17. The molecule has 1 amide bonds. The number of nitrogens with zero attached hydrogens (tertiary/aromatic N) is 6. The molecule has 2 aromatic carbocycles. The standard InChI is InChI=1S/C36H44N8O4S/c1-22(2)48-31-18-27(26-11-14-44(15-12-26)33(45)20-43-16-13-37-21-43)24(5)17-29(31)40-36-41-30-19-38-25(6)34(30)35(42-36)39-28-9-7-8-10-32(28)49(46,47)23(3)4/h7-10,13,16-18,21-23,26H,11-12,14-15,19-20H2,1-6H3,(H2,39,40,41,42). The molecule has 0 bridgehead atoms. The Balaban J connectivity index is 1.27. The number of anilines is 4. The minimum atomic E-state index is -3.56. The van der Waals surface area contributed by atoms with E-state index in [0.717, 1.165) is 41.1 Å². The highest BCUT2D eigenvalue weighted by molar-refractivity contribution is 7.92. The number of piperidine rings is 1. The minimum absolute atomic E-state index is 0.0765. The van der Waals surface area contributed by atoms with Crippen LogP contribution in [0.15, 0.2) is 65.0 Å². The fraction of sp³-hybridized carbons (Fsp3) is 0.417. The van der Waals surface area contributed by atoms with E-state index in [0.29, 0.717) is 49.4 Å². The number of ether oxygens (including phenoxy) is 1. The number of aryl methyl sites for hydroxylation is 1. The van der Waals surface area contributed by atoms with Crippen LogP contribution in [0.4, 0.5) is 23.1 Å². The summed E-state index contributed by atoms with van der Waals surface area (Å²) in [5, 5.41) is 6.14. The zero-order chi connectivity index (χ0) is 34.9. The fourth-order valence-corrected chi connectivity index (χ4v) is 7.61. The number of benzene rings is 2. The van der Waals surface area contributed by atoms with Gasteiger partial charge in [-0.25, -0.2) is 18.4 Å². The van der Waals surface area contributed by atoms with Crippen LogP contribution in [0.2, 0.25) is 0 Å². The van der Waals surface area contributed by atoms with E-state index in [2.05, 4.69) is 39.7 Å². The van der Waals surface area contributed by atoms with Crippen LogP contribution in [0.5, 0.6) is 5.75 Å². The van der Waals surface area contributed by atoms with Gasteiger partial charge in [-0.05, 0) is 95.7 Å². The molecule has 2 aromatic heterocycles. The highest BCUT2D eigenvalue weighted by atomic mass is 32.2. The smallest absolute Gasteiger partial charge is 0.242 e. The number of nitrogens with one attached hydrogen (secondary N) is 2. The summed E-state index contributed by atoms with van der Waals surface area (Å²) in [6.45, 7) is 13.4. The fourth-order valence-electron chi connectivity index (χ4n) is 6.41. The van der Waals surface area contributed by atoms with Crippen molar-refractivity contribution in [3.63, 3.8) is 0 Å². The molecule has 2 aliphatic rings. The molecular formula is C36H44N8O4S. The second-order valence-electron chi connectivity index (χ2n) is 13.2. The quantitative estimate of drug-likeness (QED) is 0.190. The predicted molar refractivity (Wildman–Crippen MR) is 191 cm³/mol. The Kier molecular flexibility index (Phi) is 9.73. The van der Waals surface area contributed by atoms with Gasteiger partial charge in [0.25, 0.3) is 0 Å². The highest BCUT2D eigenvalue weighted by Gasteiger charge is 2.28. The second kappa shape index (κ2) is 14.0. The lowest BCUT2D eigenvalue weighted by atomic mass is 9.86. The molecule has 2 N–H and O–H groups in total. The number of para-hydroxylation sites is 1. The SMILES string of the molecule is CC1=NCc2nc(Nc3cc(C)c(C4CCN(C(=O)Cn5ccnc5)CC4)cc3OC(C)C)nc(Nc3ccccc3S(=O)(=O)C(C)C)c21. The number of hydrogen-bond acceptors (Lipinski definition) is 10. The summed E-state index contributed by atoms with van der Waals surface area (Å²) in [5.41, 5.74) is 5.78. The molecule has 12 nitrogen and oxygen atoms in total. The topological polar surface area (TPSA) is 144 Å². The van der Waals surface area contributed by atoms with E-state index in [1.54, 1.807) is 61.4 Å². The van der Waals surface area contributed by atoms with E-state index in [1.807, 2.05) is 25.7 Å². The summed E-state index contributed by atoms with van der Waals surface area (Å²) in [5.74, 6) is 1.90. The van der Waals surface area contributed by atoms with Gasteiger partial charge in [0, 0.05) is 31.2 Å². The molecule has 0 unspecified atom stereocenters. The average Bonchev–Trinajstić information content (AvgIpc) is 3.72. The normalized spacial score (nSPS) is 15.0. The summed E-state index contributed by atoms with van der Waals surface area (Å²) in [6, 6.07) is 11.1. The Morgan fingerprint density at radius 1 is 1.02 bits per heavy atom. The number of likely N-dealkylation sites (tertiary alicyclic amines) is 1. The van der Waals surface area contributed by atoms with Crippen molar-refractivity contribution >= 4 is 44.6 Å². The first kappa shape index (κ1) is 34.1. The van der Waals surface area contributed by atoms with Crippen LogP contribution in [0.25, 0.3) is 0 Å². The van der Waals surface area contributed by atoms with Gasteiger partial charge in [-0.2, -0.15) is 4.98 Å². The van der Waals surface area contributed by atoms with E-state index in [-0.39, 0.29) is 22.8 Å². The third kappa shape index (κ3) is 7.31. The van der Waals surface area contributed by atoms with Crippen LogP contribution < -0.4 is 15.4 Å². The molecular weight excluding hydrogens is 641 g/mol. The van der Waals surface area contributed by atoms with Crippen molar-refractivity contribution in [1.82, 2.24) is 24.4 Å². The maximum absolute atomic E-state index is 13.2. The first-order valence-electron chi connectivity index (χ1n) is 16.7. The Bertz CT molecular complexity index is 1980. The van der Waals surface area contributed by atoms with Crippen LogP contribution >= 0.6 is 0 Å². The first-order valence-corrected chi connectivity index (χ1v) is 18.3. The Labute approximate surface area is 288 Å². The lowest BCUT2D eigenvalue weighted by Gasteiger charge is -2.33. The monoisotopic (exact) mass is 684 g/mol. The van der Waals surface area contributed by atoms with Gasteiger partial charge in [-0.15, -0.1) is 0 Å². The highest BCUT2D eigenvalue weighted by Crippen LogP contribution is 2.39. The number of sulfone groups is 1. The lowest BCUT2D eigenvalue weighted by molar-refractivity contribution is -0.132. The molecule has 1 fully saturated rings. The van der Waals surface area contributed by atoms with Crippen LogP contribution in [0, 0.1) is 6.92 Å². The van der Waals surface area contributed by atoms with E-state index >= 15 is 0 Å². The van der Waals surface area contributed by atoms with Crippen molar-refractivity contribution in [1.29, 1.82) is 0 Å². The van der Waals surface area contributed by atoms with Crippen molar-refractivity contribution in [3.05, 3.63) is 77.5 Å². The molecule has 4 heterocycles. The molecule has 0 atom stereocenters. The number of imidazole rings is 1. The van der Waals surface area contributed by atoms with Gasteiger partial charge in [0.1, 0.15) is 18.1 Å². The van der Waals surface area contributed by atoms with Crippen LogP contribution in [-0.2, 0) is 27.7 Å². The zero-order valence-corrected chi connectivity index (χ0v) is 29.7. The summed E-state index contributed by atoms with van der Waals surface area (Å²) in [7, 11) is -3.56. The van der Waals surface area contributed by atoms with Crippen molar-refractivity contribution in [2.45, 2.75) is 89.6 Å². The van der Waals surface area contributed by atoms with E-state index in [4.69, 9.17) is 14.7 Å². The molecule has 49 heavy (non-hydrogen) atoms. The molecule has 4 aromatic rings. The summed E-state index contributed by atoms with van der Waals surface area (Å²) >= 11 is 0. The van der Waals surface area contributed by atoms with Gasteiger partial charge in [0.15, 0.2) is 9.84 Å². The molecule has 0 aliphatic carbocycles. The number of carbonyl (C=O) groups is 1. The van der Waals surface area contributed by atoms with Gasteiger partial charge in [0.05, 0.1) is 51.8 Å². The summed E-state index contributed by atoms with van der Waals surface area (Å²) in [6.07, 6.45) is 6.80. The molecule has 6 rings (SSSR count). The third-order valence-electron chi connectivity index (χ3n) is 9.02. The maximum atomic E-state index is 13.2. The van der Waals surface area contributed by atoms with E-state index < -0.39 is 15.1 Å². The Morgan fingerprint density at radius 2 is 1.78 bits per heavy atom. The first-order chi connectivity index (χ1) is 23.4. The molecule has 13 heteroatoms. The van der Waals surface area contributed by atoms with Gasteiger partial charge in [-0.3, -0.25) is 9.79 Å². The summed E-state index contributed by atoms with van der Waals surface area (Å²) in [4.78, 5) is 33.3. The van der Waals surface area contributed by atoms with Crippen molar-refractivity contribution in [2.24, 2.45) is 4.99 Å². The van der Waals surface area contributed by atoms with E-state index in [1.165, 1.54) is 5.56 Å². The number of aromatic nitrogens is 4. The van der Waals surface area contributed by atoms with Crippen LogP contribution in [-0.4, -0.2) is 68.9 Å². The third-order valence-corrected chi connectivity index (χ3v) is 11.2. The average molecular weight is 685 g/mol. The van der Waals surface area contributed by atoms with Crippen molar-refractivity contribution < 1.29 is 17.9 Å². The van der Waals surface area contributed by atoms with Gasteiger partial charge < -0.3 is 24.8 Å². The Morgan fingerprint density at radius 3 is 2.47 bits per heavy atom.